The van der Waals surface area contributed by atoms with Crippen molar-refractivity contribution in [2.75, 3.05) is 6.54 Å². The van der Waals surface area contributed by atoms with Crippen LogP contribution in [0.2, 0.25) is 0 Å². The summed E-state index contributed by atoms with van der Waals surface area (Å²) >= 11 is 0. The summed E-state index contributed by atoms with van der Waals surface area (Å²) < 4.78 is 1.96. The van der Waals surface area contributed by atoms with Gasteiger partial charge in [-0.05, 0) is 50.8 Å². The van der Waals surface area contributed by atoms with Crippen LogP contribution in [0.1, 0.15) is 43.9 Å². The van der Waals surface area contributed by atoms with E-state index in [1.54, 1.807) is 6.08 Å². The lowest BCUT2D eigenvalue weighted by atomic mass is 9.99. The van der Waals surface area contributed by atoms with Crippen LogP contribution < -0.4 is 0 Å². The van der Waals surface area contributed by atoms with Gasteiger partial charge in [0.1, 0.15) is 5.69 Å². The normalized spacial score (nSPS) is 17.5. The van der Waals surface area contributed by atoms with E-state index >= 15 is 0 Å². The highest BCUT2D eigenvalue weighted by Gasteiger charge is 2.24. The molecule has 0 aliphatic carbocycles. The Bertz CT molecular complexity index is 1000. The fraction of sp³-hybridized carbons (Fsp3) is 0.333. The predicted octanol–water partition coefficient (Wildman–Crippen LogP) is 5.11. The zero-order chi connectivity index (χ0) is 19.5. The Kier molecular flexibility index (Phi) is 5.29. The lowest BCUT2D eigenvalue weighted by molar-refractivity contribution is -0.129. The summed E-state index contributed by atoms with van der Waals surface area (Å²) in [5, 5.41) is 4.84. The van der Waals surface area contributed by atoms with Gasteiger partial charge < -0.3 is 4.90 Å². The van der Waals surface area contributed by atoms with Gasteiger partial charge in [-0.2, -0.15) is 5.10 Å². The maximum atomic E-state index is 12.9. The molecule has 4 nitrogen and oxygen atoms in total. The molecule has 3 heterocycles. The number of carbonyl (C=O) groups is 1. The van der Waals surface area contributed by atoms with Crippen molar-refractivity contribution < 1.29 is 4.79 Å². The smallest absolute Gasteiger partial charge is 0.246 e. The van der Waals surface area contributed by atoms with Gasteiger partial charge in [0.15, 0.2) is 0 Å². The molecule has 1 aliphatic rings. The van der Waals surface area contributed by atoms with Crippen LogP contribution in [-0.4, -0.2) is 33.0 Å². The molecule has 4 heteroatoms. The van der Waals surface area contributed by atoms with Crippen molar-refractivity contribution in [3.8, 4) is 11.3 Å². The first kappa shape index (κ1) is 18.5. The average Bonchev–Trinajstić information content (AvgIpc) is 3.12. The Labute approximate surface area is 166 Å². The third-order valence-corrected chi connectivity index (χ3v) is 5.71. The lowest BCUT2D eigenvalue weighted by Gasteiger charge is -2.34. The number of carbonyl (C=O) groups excluding carboxylic acids is 1. The summed E-state index contributed by atoms with van der Waals surface area (Å²) in [7, 11) is 0. The maximum Gasteiger partial charge on any atom is 0.246 e. The van der Waals surface area contributed by atoms with E-state index in [-0.39, 0.29) is 5.91 Å². The quantitative estimate of drug-likeness (QED) is 0.596. The molecule has 2 aromatic heterocycles. The number of benzene rings is 1. The van der Waals surface area contributed by atoms with Crippen molar-refractivity contribution in [3.05, 3.63) is 65.9 Å². The molecule has 1 unspecified atom stereocenters. The highest BCUT2D eigenvalue weighted by atomic mass is 16.2. The minimum Gasteiger partial charge on any atom is -0.336 e. The molecule has 1 fully saturated rings. The fourth-order valence-electron chi connectivity index (χ4n) is 4.16. The summed E-state index contributed by atoms with van der Waals surface area (Å²) in [6, 6.07) is 16.7. The largest absolute Gasteiger partial charge is 0.336 e. The van der Waals surface area contributed by atoms with Crippen LogP contribution in [-0.2, 0) is 4.79 Å². The number of likely N-dealkylation sites (tertiary alicyclic amines) is 1. The number of aromatic nitrogens is 2. The summed E-state index contributed by atoms with van der Waals surface area (Å²) in [5.74, 6) is 0.109. The van der Waals surface area contributed by atoms with E-state index in [1.807, 2.05) is 52.7 Å². The minimum atomic E-state index is 0.109. The Morgan fingerprint density at radius 1 is 1.14 bits per heavy atom. The first-order valence-corrected chi connectivity index (χ1v) is 10.2. The molecule has 0 spiro atoms. The number of pyridine rings is 1. The molecule has 4 rings (SSSR count). The molecule has 3 aromatic rings. The number of nitrogens with zero attached hydrogens (tertiary/aromatic N) is 3. The Hall–Kier alpha value is -2.88. The molecule has 1 amide bonds. The third kappa shape index (κ3) is 3.47. The summed E-state index contributed by atoms with van der Waals surface area (Å²) in [4.78, 5) is 15.0. The van der Waals surface area contributed by atoms with Gasteiger partial charge in [0, 0.05) is 35.5 Å². The van der Waals surface area contributed by atoms with Gasteiger partial charge in [0.2, 0.25) is 5.91 Å². The monoisotopic (exact) mass is 373 g/mol. The molecule has 28 heavy (non-hydrogen) atoms. The number of hydrogen-bond donors (Lipinski definition) is 0. The molecule has 1 aliphatic heterocycles. The van der Waals surface area contributed by atoms with Gasteiger partial charge in [0.25, 0.3) is 0 Å². The lowest BCUT2D eigenvalue weighted by Crippen LogP contribution is -2.42. The third-order valence-electron chi connectivity index (χ3n) is 5.71. The molecule has 1 saturated heterocycles. The fourth-order valence-corrected chi connectivity index (χ4v) is 4.16. The Morgan fingerprint density at radius 3 is 2.75 bits per heavy atom. The van der Waals surface area contributed by atoms with E-state index in [9.17, 15) is 4.79 Å². The Balaban J connectivity index is 1.74. The molecule has 144 valence electrons. The topological polar surface area (TPSA) is 37.6 Å². The highest BCUT2D eigenvalue weighted by Crippen LogP contribution is 2.28. The van der Waals surface area contributed by atoms with Gasteiger partial charge in [0.05, 0.1) is 5.52 Å². The van der Waals surface area contributed by atoms with Crippen LogP contribution in [0.4, 0.5) is 0 Å². The zero-order valence-corrected chi connectivity index (χ0v) is 16.6. The standard InChI is InChI=1S/C24H27N3O/c1-3-20-13-7-8-17-26(20)23(28)16-15-21-22-14-9-10-18(2)27(22)25-24(21)19-11-5-4-6-12-19/h4-6,9-12,14-16,20H,3,7-8,13,17H2,1-2H3/b16-15+. The second-order valence-electron chi connectivity index (χ2n) is 7.52. The van der Waals surface area contributed by atoms with Crippen LogP contribution in [0.15, 0.2) is 54.6 Å². The van der Waals surface area contributed by atoms with Gasteiger partial charge >= 0.3 is 0 Å². The van der Waals surface area contributed by atoms with Crippen LogP contribution >= 0.6 is 0 Å². The van der Waals surface area contributed by atoms with Crippen LogP contribution in [0.3, 0.4) is 0 Å². The predicted molar refractivity (Wildman–Crippen MR) is 114 cm³/mol. The van der Waals surface area contributed by atoms with E-state index < -0.39 is 0 Å². The van der Waals surface area contributed by atoms with Crippen LogP contribution in [0.25, 0.3) is 22.9 Å². The van der Waals surface area contributed by atoms with Gasteiger partial charge in [-0.25, -0.2) is 4.52 Å². The van der Waals surface area contributed by atoms with Gasteiger partial charge in [-0.15, -0.1) is 0 Å². The van der Waals surface area contributed by atoms with E-state index in [0.717, 1.165) is 53.8 Å². The first-order valence-electron chi connectivity index (χ1n) is 10.2. The molecular weight excluding hydrogens is 346 g/mol. The zero-order valence-electron chi connectivity index (χ0n) is 16.6. The molecule has 0 saturated carbocycles. The number of piperidine rings is 1. The average molecular weight is 374 g/mol. The second kappa shape index (κ2) is 8.01. The van der Waals surface area contributed by atoms with Crippen molar-refractivity contribution >= 4 is 17.5 Å². The highest BCUT2D eigenvalue weighted by molar-refractivity contribution is 5.95. The van der Waals surface area contributed by atoms with Gasteiger partial charge in [-0.3, -0.25) is 4.79 Å². The summed E-state index contributed by atoms with van der Waals surface area (Å²) in [6.07, 6.45) is 8.14. The maximum absolute atomic E-state index is 12.9. The SMILES string of the molecule is CCC1CCCCN1C(=O)/C=C/c1c(-c2ccccc2)nn2c(C)cccc12. The molecule has 0 bridgehead atoms. The molecule has 1 aromatic carbocycles. The van der Waals surface area contributed by atoms with Gasteiger partial charge in [-0.1, -0.05) is 43.3 Å². The van der Waals surface area contributed by atoms with Crippen molar-refractivity contribution in [1.82, 2.24) is 14.5 Å². The number of fused-ring (bicyclic) bond motifs is 1. The summed E-state index contributed by atoms with van der Waals surface area (Å²) in [6.45, 7) is 5.08. The first-order chi connectivity index (χ1) is 13.7. The number of aryl methyl sites for hydroxylation is 1. The van der Waals surface area contributed by atoms with Crippen molar-refractivity contribution in [2.45, 2.75) is 45.6 Å². The molecule has 0 N–H and O–H groups in total. The summed E-state index contributed by atoms with van der Waals surface area (Å²) in [5.41, 5.74) is 5.05. The number of amides is 1. The van der Waals surface area contributed by atoms with E-state index in [2.05, 4.69) is 25.1 Å². The van der Waals surface area contributed by atoms with Crippen molar-refractivity contribution in [1.29, 1.82) is 0 Å². The van der Waals surface area contributed by atoms with Crippen molar-refractivity contribution in [2.24, 2.45) is 0 Å². The molecule has 1 atom stereocenters. The van der Waals surface area contributed by atoms with E-state index in [1.165, 1.54) is 6.42 Å². The van der Waals surface area contributed by atoms with Crippen LogP contribution in [0, 0.1) is 6.92 Å². The Morgan fingerprint density at radius 2 is 1.96 bits per heavy atom. The number of rotatable bonds is 4. The van der Waals surface area contributed by atoms with Crippen molar-refractivity contribution in [3.63, 3.8) is 0 Å². The van der Waals surface area contributed by atoms with E-state index in [4.69, 9.17) is 5.10 Å². The second-order valence-corrected chi connectivity index (χ2v) is 7.52. The van der Waals surface area contributed by atoms with Crippen LogP contribution in [0.5, 0.6) is 0 Å². The minimum absolute atomic E-state index is 0.109. The van der Waals surface area contributed by atoms with E-state index in [0.29, 0.717) is 6.04 Å². The number of hydrogen-bond acceptors (Lipinski definition) is 2. The molecule has 0 radical (unpaired) electrons. The molecular formula is C24H27N3O.